The number of benzene rings is 2. The zero-order valence-corrected chi connectivity index (χ0v) is 23.5. The number of amides is 2. The highest BCUT2D eigenvalue weighted by Crippen LogP contribution is 2.22. The van der Waals surface area contributed by atoms with Gasteiger partial charge in [-0.1, -0.05) is 43.5 Å². The molecule has 2 aromatic rings. The zero-order valence-electron chi connectivity index (χ0n) is 20.5. The molecule has 1 atom stereocenters. The first-order valence-corrected chi connectivity index (χ1v) is 14.9. The van der Waals surface area contributed by atoms with Crippen LogP contribution in [-0.2, 0) is 26.2 Å². The third-order valence-corrected chi connectivity index (χ3v) is 8.37. The van der Waals surface area contributed by atoms with E-state index in [0.717, 1.165) is 50.9 Å². The van der Waals surface area contributed by atoms with Crippen LogP contribution in [0.4, 0.5) is 5.69 Å². The Balaban J connectivity index is 1.87. The molecule has 1 saturated carbocycles. The fraction of sp³-hybridized carbons (Fsp3) is 0.462. The molecular formula is C26H34IN3O4S. The molecule has 1 aliphatic rings. The maximum Gasteiger partial charge on any atom is 0.244 e. The van der Waals surface area contributed by atoms with Crippen LogP contribution in [0.1, 0.15) is 50.2 Å². The van der Waals surface area contributed by atoms with Crippen LogP contribution in [0.2, 0.25) is 0 Å². The molecule has 2 aromatic carbocycles. The maximum absolute atomic E-state index is 13.6. The van der Waals surface area contributed by atoms with Crippen molar-refractivity contribution in [3.63, 3.8) is 0 Å². The van der Waals surface area contributed by atoms with E-state index in [1.807, 2.05) is 31.2 Å². The molecule has 2 amide bonds. The topological polar surface area (TPSA) is 86.8 Å². The van der Waals surface area contributed by atoms with E-state index < -0.39 is 22.0 Å². The molecule has 1 unspecified atom stereocenters. The van der Waals surface area contributed by atoms with Gasteiger partial charge in [-0.25, -0.2) is 8.42 Å². The van der Waals surface area contributed by atoms with Crippen LogP contribution >= 0.6 is 22.6 Å². The number of hydrogen-bond acceptors (Lipinski definition) is 4. The highest BCUT2D eigenvalue weighted by atomic mass is 127. The first-order valence-electron chi connectivity index (χ1n) is 11.9. The lowest BCUT2D eigenvalue weighted by Gasteiger charge is -2.33. The van der Waals surface area contributed by atoms with Gasteiger partial charge in [0.1, 0.15) is 12.6 Å². The Morgan fingerprint density at radius 2 is 1.69 bits per heavy atom. The summed E-state index contributed by atoms with van der Waals surface area (Å²) in [5.74, 6) is -0.637. The molecule has 1 fully saturated rings. The van der Waals surface area contributed by atoms with E-state index in [2.05, 4.69) is 27.9 Å². The van der Waals surface area contributed by atoms with Gasteiger partial charge in [-0.15, -0.1) is 0 Å². The Bertz CT molecular complexity index is 1130. The second-order valence-corrected chi connectivity index (χ2v) is 12.4. The van der Waals surface area contributed by atoms with Crippen molar-refractivity contribution in [2.75, 3.05) is 17.1 Å². The average Bonchev–Trinajstić information content (AvgIpc) is 2.82. The molecule has 35 heavy (non-hydrogen) atoms. The number of anilines is 1. The Morgan fingerprint density at radius 3 is 2.29 bits per heavy atom. The third-order valence-electron chi connectivity index (χ3n) is 6.51. The van der Waals surface area contributed by atoms with E-state index in [4.69, 9.17) is 0 Å². The van der Waals surface area contributed by atoms with Crippen molar-refractivity contribution in [2.45, 2.75) is 64.6 Å². The fourth-order valence-electron chi connectivity index (χ4n) is 4.34. The Labute approximate surface area is 222 Å². The van der Waals surface area contributed by atoms with Gasteiger partial charge in [0.15, 0.2) is 0 Å². The highest BCUT2D eigenvalue weighted by molar-refractivity contribution is 14.1. The molecule has 0 bridgehead atoms. The van der Waals surface area contributed by atoms with Crippen molar-refractivity contribution in [3.8, 4) is 0 Å². The van der Waals surface area contributed by atoms with Crippen molar-refractivity contribution in [2.24, 2.45) is 0 Å². The molecule has 0 aliphatic heterocycles. The first kappa shape index (κ1) is 27.4. The Morgan fingerprint density at radius 1 is 1.06 bits per heavy atom. The van der Waals surface area contributed by atoms with Crippen LogP contribution in [0.3, 0.4) is 0 Å². The maximum atomic E-state index is 13.6. The lowest BCUT2D eigenvalue weighted by molar-refractivity contribution is -0.139. The molecule has 3 rings (SSSR count). The van der Waals surface area contributed by atoms with Gasteiger partial charge in [0, 0.05) is 16.2 Å². The van der Waals surface area contributed by atoms with Crippen molar-refractivity contribution >= 4 is 50.1 Å². The van der Waals surface area contributed by atoms with E-state index in [1.165, 1.54) is 11.3 Å². The number of rotatable bonds is 9. The molecule has 1 N–H and O–H groups in total. The smallest absolute Gasteiger partial charge is 0.244 e. The highest BCUT2D eigenvalue weighted by Gasteiger charge is 2.31. The van der Waals surface area contributed by atoms with E-state index in [9.17, 15) is 18.0 Å². The van der Waals surface area contributed by atoms with Gasteiger partial charge in [-0.05, 0) is 84.7 Å². The second-order valence-electron chi connectivity index (χ2n) is 9.21. The number of nitrogens with one attached hydrogen (secondary N) is 1. The molecule has 0 spiro atoms. The second kappa shape index (κ2) is 12.2. The van der Waals surface area contributed by atoms with Gasteiger partial charge in [0.2, 0.25) is 21.8 Å². The Kier molecular flexibility index (Phi) is 9.57. The van der Waals surface area contributed by atoms with E-state index in [1.54, 1.807) is 31.2 Å². The van der Waals surface area contributed by atoms with Crippen molar-refractivity contribution in [3.05, 3.63) is 63.2 Å². The summed E-state index contributed by atoms with van der Waals surface area (Å²) in [6.07, 6.45) is 6.33. The minimum Gasteiger partial charge on any atom is -0.352 e. The van der Waals surface area contributed by atoms with Crippen LogP contribution in [0, 0.1) is 10.5 Å². The zero-order chi connectivity index (χ0) is 25.6. The van der Waals surface area contributed by atoms with Crippen LogP contribution in [-0.4, -0.2) is 50.0 Å². The van der Waals surface area contributed by atoms with Crippen LogP contribution in [0.5, 0.6) is 0 Å². The van der Waals surface area contributed by atoms with Gasteiger partial charge in [0.25, 0.3) is 0 Å². The third kappa shape index (κ3) is 7.67. The van der Waals surface area contributed by atoms with Crippen molar-refractivity contribution < 1.29 is 18.0 Å². The monoisotopic (exact) mass is 611 g/mol. The van der Waals surface area contributed by atoms with E-state index in [-0.39, 0.29) is 25.0 Å². The predicted octanol–water partition coefficient (Wildman–Crippen LogP) is 4.23. The summed E-state index contributed by atoms with van der Waals surface area (Å²) < 4.78 is 27.3. The van der Waals surface area contributed by atoms with Gasteiger partial charge in [-0.3, -0.25) is 13.9 Å². The minimum absolute atomic E-state index is 0.119. The lowest BCUT2D eigenvalue weighted by atomic mass is 9.95. The van der Waals surface area contributed by atoms with Crippen molar-refractivity contribution in [1.29, 1.82) is 0 Å². The average molecular weight is 612 g/mol. The molecule has 1 aliphatic carbocycles. The number of carbonyl (C=O) groups excluding carboxylic acids is 2. The molecule has 0 aromatic heterocycles. The summed E-state index contributed by atoms with van der Waals surface area (Å²) >= 11 is 2.14. The lowest BCUT2D eigenvalue weighted by Crippen LogP contribution is -2.53. The van der Waals surface area contributed by atoms with Crippen LogP contribution in [0.15, 0.2) is 48.5 Å². The summed E-state index contributed by atoms with van der Waals surface area (Å²) in [4.78, 5) is 28.3. The molecular weight excluding hydrogens is 577 g/mol. The minimum atomic E-state index is -3.73. The molecule has 0 saturated heterocycles. The number of hydrogen-bond donors (Lipinski definition) is 1. The number of sulfonamides is 1. The number of nitrogens with zero attached hydrogens (tertiary/aromatic N) is 2. The first-order chi connectivity index (χ1) is 16.6. The summed E-state index contributed by atoms with van der Waals surface area (Å²) in [7, 11) is -3.73. The van der Waals surface area contributed by atoms with Gasteiger partial charge >= 0.3 is 0 Å². The molecule has 0 radical (unpaired) electrons. The van der Waals surface area contributed by atoms with Crippen molar-refractivity contribution in [1.82, 2.24) is 10.2 Å². The van der Waals surface area contributed by atoms with E-state index >= 15 is 0 Å². The molecule has 0 heterocycles. The standard InChI is InChI=1S/C26H34IN3O4S/c1-19-9-7-8-10-21(19)17-29(20(2)26(32)28-23-11-5-4-6-12-23)25(31)18-30(35(3,33)34)24-15-13-22(27)14-16-24/h7-10,13-16,20,23H,4-6,11-12,17-18H2,1-3H3,(H,28,32). The molecule has 9 heteroatoms. The predicted molar refractivity (Wildman–Crippen MR) is 148 cm³/mol. The van der Waals surface area contributed by atoms with Crippen LogP contribution in [0.25, 0.3) is 0 Å². The summed E-state index contributed by atoms with van der Waals surface area (Å²) in [6.45, 7) is 3.50. The summed E-state index contributed by atoms with van der Waals surface area (Å²) in [6, 6.07) is 14.0. The summed E-state index contributed by atoms with van der Waals surface area (Å²) in [5.41, 5.74) is 2.33. The van der Waals surface area contributed by atoms with Crippen LogP contribution < -0.4 is 9.62 Å². The van der Waals surface area contributed by atoms with Gasteiger partial charge in [-0.2, -0.15) is 0 Å². The molecule has 190 valence electrons. The van der Waals surface area contributed by atoms with E-state index in [0.29, 0.717) is 5.69 Å². The molecule has 7 nitrogen and oxygen atoms in total. The van der Waals surface area contributed by atoms with Gasteiger partial charge < -0.3 is 10.2 Å². The Hall–Kier alpha value is -2.14. The summed E-state index contributed by atoms with van der Waals surface area (Å²) in [5, 5.41) is 3.11. The normalized spacial score (nSPS) is 15.3. The van der Waals surface area contributed by atoms with Gasteiger partial charge in [0.05, 0.1) is 11.9 Å². The fourth-order valence-corrected chi connectivity index (χ4v) is 5.55. The number of carbonyl (C=O) groups is 2. The largest absolute Gasteiger partial charge is 0.352 e. The number of aryl methyl sites for hydroxylation is 1. The number of halogens is 1. The SMILES string of the molecule is Cc1ccccc1CN(C(=O)CN(c1ccc(I)cc1)S(C)(=O)=O)C(C)C(=O)NC1CCCCC1. The quantitative estimate of drug-likeness (QED) is 0.431.